The van der Waals surface area contributed by atoms with E-state index in [1.807, 2.05) is 0 Å². The standard InChI is InChI=1S/C42H58O14/c1-43-29-31-33(55-41(53-31)17-13-39(14-18-41)49-25-35(26-50-39)21-45-37(46-22-35)9-5-3-6-10-37)30(44-2)34-32(29)54-42(56-34)19-15-40(16-20-42)51-27-36(28-52-40)23-47-38(48-24-36)11-7-4-8-12-38/h3-28H2,1-2H3. The highest BCUT2D eigenvalue weighted by Crippen LogP contribution is 2.67. The van der Waals surface area contributed by atoms with Gasteiger partial charge in [-0.05, 0) is 25.7 Å². The van der Waals surface area contributed by atoms with Crippen LogP contribution in [0.5, 0.6) is 34.5 Å². The van der Waals surface area contributed by atoms with E-state index >= 15 is 0 Å². The van der Waals surface area contributed by atoms with Crippen LogP contribution < -0.4 is 28.4 Å². The zero-order valence-electron chi connectivity index (χ0n) is 33.1. The van der Waals surface area contributed by atoms with Crippen LogP contribution in [0.15, 0.2) is 0 Å². The summed E-state index contributed by atoms with van der Waals surface area (Å²) in [6.07, 6.45) is 15.6. The Kier molecular flexibility index (Phi) is 8.60. The second-order valence-electron chi connectivity index (χ2n) is 18.7. The van der Waals surface area contributed by atoms with Gasteiger partial charge in [-0.15, -0.1) is 0 Å². The van der Waals surface area contributed by atoms with Gasteiger partial charge in [0.2, 0.25) is 34.5 Å². The third-order valence-corrected chi connectivity index (χ3v) is 14.7. The molecule has 8 spiro atoms. The van der Waals surface area contributed by atoms with E-state index in [2.05, 4.69) is 0 Å². The van der Waals surface area contributed by atoms with Gasteiger partial charge in [0, 0.05) is 77.0 Å². The second kappa shape index (κ2) is 13.1. The third kappa shape index (κ3) is 5.93. The molecule has 1 aromatic carbocycles. The number of hydrogen-bond donors (Lipinski definition) is 0. The minimum absolute atomic E-state index is 0.283. The van der Waals surface area contributed by atoms with Crippen LogP contribution in [0.4, 0.5) is 0 Å². The Hall–Kier alpha value is -2.30. The van der Waals surface area contributed by atoms with Crippen molar-refractivity contribution in [2.45, 2.75) is 150 Å². The lowest BCUT2D eigenvalue weighted by atomic mass is 9.84. The van der Waals surface area contributed by atoms with Crippen LogP contribution >= 0.6 is 0 Å². The molecule has 0 atom stereocenters. The maximum absolute atomic E-state index is 6.72. The van der Waals surface area contributed by atoms with Crippen LogP contribution in [0.2, 0.25) is 0 Å². The molecule has 6 aliphatic heterocycles. The lowest BCUT2D eigenvalue weighted by molar-refractivity contribution is -0.381. The van der Waals surface area contributed by atoms with Crippen molar-refractivity contribution in [3.63, 3.8) is 0 Å². The van der Waals surface area contributed by atoms with E-state index in [1.54, 1.807) is 14.2 Å². The summed E-state index contributed by atoms with van der Waals surface area (Å²) in [6.45, 7) is 4.53. The Labute approximate surface area is 328 Å². The van der Waals surface area contributed by atoms with Crippen LogP contribution in [0.25, 0.3) is 0 Å². The number of methoxy groups -OCH3 is 2. The SMILES string of the molecule is COc1c2c(c(OC)c3c1OC1(CCC4(CC1)OCC1(COC5(CCCCC5)OC1)CO4)O3)OC1(CCC3(CC1)OCC1(COC4(CCCCC4)OC1)CO3)O2. The topological polar surface area (TPSA) is 129 Å². The predicted octanol–water partition coefficient (Wildman–Crippen LogP) is 6.66. The first-order chi connectivity index (χ1) is 27.2. The molecule has 4 aliphatic carbocycles. The van der Waals surface area contributed by atoms with Crippen molar-refractivity contribution in [1.29, 1.82) is 0 Å². The molecule has 0 bridgehead atoms. The summed E-state index contributed by atoms with van der Waals surface area (Å²) in [4.78, 5) is 0. The number of fused-ring (bicyclic) bond motifs is 2. The molecule has 0 aromatic heterocycles. The summed E-state index contributed by atoms with van der Waals surface area (Å²) in [5.74, 6) is -1.38. The zero-order valence-corrected chi connectivity index (χ0v) is 33.1. The van der Waals surface area contributed by atoms with Crippen molar-refractivity contribution in [2.24, 2.45) is 10.8 Å². The second-order valence-corrected chi connectivity index (χ2v) is 18.7. The van der Waals surface area contributed by atoms with E-state index < -0.39 is 34.7 Å². The summed E-state index contributed by atoms with van der Waals surface area (Å²) in [5.41, 5.74) is -0.566. The van der Waals surface area contributed by atoms with Gasteiger partial charge in [-0.1, -0.05) is 12.8 Å². The Morgan fingerprint density at radius 2 is 0.536 bits per heavy atom. The molecule has 56 heavy (non-hydrogen) atoms. The predicted molar refractivity (Wildman–Crippen MR) is 194 cm³/mol. The number of benzene rings is 1. The van der Waals surface area contributed by atoms with Gasteiger partial charge in [0.05, 0.1) is 77.9 Å². The van der Waals surface area contributed by atoms with Crippen LogP contribution in [-0.4, -0.2) is 102 Å². The fourth-order valence-corrected chi connectivity index (χ4v) is 10.9. The molecule has 4 saturated heterocycles. The lowest BCUT2D eigenvalue weighted by Crippen LogP contribution is -2.61. The van der Waals surface area contributed by atoms with E-state index in [9.17, 15) is 0 Å². The molecule has 1 aromatic rings. The zero-order chi connectivity index (χ0) is 37.7. The molecule has 14 nitrogen and oxygen atoms in total. The summed E-state index contributed by atoms with van der Waals surface area (Å²) in [7, 11) is 3.22. The van der Waals surface area contributed by atoms with Gasteiger partial charge in [0.1, 0.15) is 0 Å². The highest BCUT2D eigenvalue weighted by molar-refractivity contribution is 5.75. The van der Waals surface area contributed by atoms with Gasteiger partial charge >= 0.3 is 0 Å². The molecular formula is C42H58O14. The molecule has 0 N–H and O–H groups in total. The van der Waals surface area contributed by atoms with Gasteiger partial charge in [-0.2, -0.15) is 0 Å². The first kappa shape index (κ1) is 36.8. The first-order valence-corrected chi connectivity index (χ1v) is 21.4. The Morgan fingerprint density at radius 3 is 0.786 bits per heavy atom. The van der Waals surface area contributed by atoms with Gasteiger partial charge in [-0.25, -0.2) is 0 Å². The maximum atomic E-state index is 6.72. The van der Waals surface area contributed by atoms with Crippen molar-refractivity contribution in [3.8, 4) is 34.5 Å². The minimum atomic E-state index is -0.928. The van der Waals surface area contributed by atoms with Crippen LogP contribution in [0.1, 0.15) is 116 Å². The van der Waals surface area contributed by atoms with Crippen molar-refractivity contribution < 1.29 is 66.3 Å². The molecular weight excluding hydrogens is 728 g/mol. The van der Waals surface area contributed by atoms with Crippen molar-refractivity contribution in [1.82, 2.24) is 0 Å². The molecule has 0 radical (unpaired) electrons. The molecule has 4 saturated carbocycles. The third-order valence-electron chi connectivity index (χ3n) is 14.7. The fourth-order valence-electron chi connectivity index (χ4n) is 10.9. The molecule has 8 fully saturated rings. The van der Waals surface area contributed by atoms with E-state index in [-0.39, 0.29) is 10.8 Å². The average molecular weight is 787 g/mol. The molecule has 11 rings (SSSR count). The quantitative estimate of drug-likeness (QED) is 0.317. The molecule has 310 valence electrons. The van der Waals surface area contributed by atoms with Crippen LogP contribution in [0, 0.1) is 10.8 Å². The lowest BCUT2D eigenvalue weighted by Gasteiger charge is -2.53. The molecule has 6 heterocycles. The Morgan fingerprint density at radius 1 is 0.304 bits per heavy atom. The molecule has 14 heteroatoms. The van der Waals surface area contributed by atoms with E-state index in [4.69, 9.17) is 66.3 Å². The molecule has 10 aliphatic rings. The Bertz CT molecular complexity index is 1460. The van der Waals surface area contributed by atoms with Crippen molar-refractivity contribution >= 4 is 0 Å². The van der Waals surface area contributed by atoms with Crippen LogP contribution in [-0.2, 0) is 37.9 Å². The van der Waals surface area contributed by atoms with Crippen LogP contribution in [0.3, 0.4) is 0 Å². The van der Waals surface area contributed by atoms with E-state index in [0.29, 0.717) is 139 Å². The maximum Gasteiger partial charge on any atom is 0.252 e. The minimum Gasteiger partial charge on any atom is -0.490 e. The van der Waals surface area contributed by atoms with Gasteiger partial charge in [-0.3, -0.25) is 0 Å². The van der Waals surface area contributed by atoms with Gasteiger partial charge in [0.25, 0.3) is 11.6 Å². The summed E-state index contributed by atoms with van der Waals surface area (Å²) < 4.78 is 90.6. The summed E-state index contributed by atoms with van der Waals surface area (Å²) >= 11 is 0. The van der Waals surface area contributed by atoms with Gasteiger partial charge < -0.3 is 66.3 Å². The largest absolute Gasteiger partial charge is 0.490 e. The average Bonchev–Trinajstić information content (AvgIpc) is 3.80. The van der Waals surface area contributed by atoms with Gasteiger partial charge in [0.15, 0.2) is 23.1 Å². The number of ether oxygens (including phenoxy) is 14. The smallest absolute Gasteiger partial charge is 0.252 e. The Balaban J connectivity index is 0.721. The highest BCUT2D eigenvalue weighted by Gasteiger charge is 2.60. The van der Waals surface area contributed by atoms with Crippen molar-refractivity contribution in [3.05, 3.63) is 0 Å². The highest BCUT2D eigenvalue weighted by atomic mass is 16.8. The summed E-state index contributed by atoms with van der Waals surface area (Å²) in [6, 6.07) is 0. The molecule has 0 amide bonds. The number of hydrogen-bond acceptors (Lipinski definition) is 14. The normalized spacial score (nSPS) is 31.8. The van der Waals surface area contributed by atoms with Crippen molar-refractivity contribution in [2.75, 3.05) is 67.1 Å². The summed E-state index contributed by atoms with van der Waals surface area (Å²) in [5, 5.41) is 0. The first-order valence-electron chi connectivity index (χ1n) is 21.4. The number of rotatable bonds is 2. The molecule has 0 unspecified atom stereocenters. The monoisotopic (exact) mass is 786 g/mol. The van der Waals surface area contributed by atoms with E-state index in [1.165, 1.54) is 12.8 Å². The fraction of sp³-hybridized carbons (Fsp3) is 0.857. The van der Waals surface area contributed by atoms with E-state index in [0.717, 1.165) is 51.4 Å².